The van der Waals surface area contributed by atoms with Crippen LogP contribution in [0.25, 0.3) is 0 Å². The summed E-state index contributed by atoms with van der Waals surface area (Å²) in [5.41, 5.74) is 1.26. The summed E-state index contributed by atoms with van der Waals surface area (Å²) in [6.07, 6.45) is 0. The van der Waals surface area contributed by atoms with E-state index in [2.05, 4.69) is 10.3 Å². The smallest absolute Gasteiger partial charge is 0.255 e. The van der Waals surface area contributed by atoms with Crippen molar-refractivity contribution in [2.75, 3.05) is 7.11 Å². The minimum atomic E-state index is -0.234. The Morgan fingerprint density at radius 3 is 2.85 bits per heavy atom. The number of hydrogen-bond acceptors (Lipinski definition) is 4. The van der Waals surface area contributed by atoms with E-state index in [-0.39, 0.29) is 11.9 Å². The highest BCUT2D eigenvalue weighted by atomic mass is 35.5. The number of halogens is 1. The first-order valence-corrected chi connectivity index (χ1v) is 7.33. The van der Waals surface area contributed by atoms with Crippen molar-refractivity contribution in [3.63, 3.8) is 0 Å². The van der Waals surface area contributed by atoms with Crippen LogP contribution in [0.3, 0.4) is 0 Å². The van der Waals surface area contributed by atoms with Gasteiger partial charge in [-0.15, -0.1) is 11.3 Å². The zero-order valence-corrected chi connectivity index (χ0v) is 13.0. The molecule has 1 atom stereocenters. The maximum Gasteiger partial charge on any atom is 0.255 e. The molecule has 1 amide bonds. The number of thiazole rings is 1. The van der Waals surface area contributed by atoms with E-state index in [4.69, 9.17) is 16.3 Å². The molecule has 6 heteroatoms. The van der Waals surface area contributed by atoms with Gasteiger partial charge in [0.2, 0.25) is 0 Å². The summed E-state index contributed by atoms with van der Waals surface area (Å²) in [5.74, 6) is 0.260. The second kappa shape index (κ2) is 6.24. The van der Waals surface area contributed by atoms with Crippen molar-refractivity contribution in [1.82, 2.24) is 10.3 Å². The van der Waals surface area contributed by atoms with Crippen molar-refractivity contribution in [3.8, 4) is 5.75 Å². The summed E-state index contributed by atoms with van der Waals surface area (Å²) in [4.78, 5) is 16.7. The van der Waals surface area contributed by atoms with Crippen molar-refractivity contribution in [3.05, 3.63) is 44.9 Å². The molecule has 1 aromatic carbocycles. The number of nitrogens with zero attached hydrogens (tertiary/aromatic N) is 1. The number of carbonyl (C=O) groups is 1. The van der Waals surface area contributed by atoms with Gasteiger partial charge in [-0.1, -0.05) is 11.6 Å². The second-order valence-electron chi connectivity index (χ2n) is 4.33. The van der Waals surface area contributed by atoms with Crippen LogP contribution in [0.15, 0.2) is 23.6 Å². The number of rotatable bonds is 4. The Labute approximate surface area is 126 Å². The molecule has 0 aliphatic carbocycles. The van der Waals surface area contributed by atoms with E-state index in [1.165, 1.54) is 7.11 Å². The van der Waals surface area contributed by atoms with Crippen molar-refractivity contribution in [1.29, 1.82) is 0 Å². The third kappa shape index (κ3) is 3.29. The normalized spacial score (nSPS) is 12.0. The molecule has 1 unspecified atom stereocenters. The fourth-order valence-electron chi connectivity index (χ4n) is 1.79. The molecular weight excluding hydrogens is 296 g/mol. The van der Waals surface area contributed by atoms with Crippen molar-refractivity contribution < 1.29 is 9.53 Å². The van der Waals surface area contributed by atoms with Crippen molar-refractivity contribution >= 4 is 28.8 Å². The summed E-state index contributed by atoms with van der Waals surface area (Å²) >= 11 is 7.49. The Balaban J connectivity index is 2.18. The minimum absolute atomic E-state index is 0.170. The Hall–Kier alpha value is -1.59. The highest BCUT2D eigenvalue weighted by Gasteiger charge is 2.17. The van der Waals surface area contributed by atoms with Gasteiger partial charge in [0.05, 0.1) is 29.4 Å². The minimum Gasteiger partial charge on any atom is -0.496 e. The number of carbonyl (C=O) groups excluding carboxylic acids is 1. The summed E-state index contributed by atoms with van der Waals surface area (Å²) in [5, 5.41) is 6.30. The van der Waals surface area contributed by atoms with Gasteiger partial charge >= 0.3 is 0 Å². The maximum atomic E-state index is 12.3. The van der Waals surface area contributed by atoms with Gasteiger partial charge in [-0.05, 0) is 32.0 Å². The molecule has 0 aliphatic heterocycles. The van der Waals surface area contributed by atoms with Crippen LogP contribution in [0.4, 0.5) is 0 Å². The van der Waals surface area contributed by atoms with Crippen LogP contribution in [0.2, 0.25) is 5.02 Å². The molecule has 0 fully saturated rings. The molecule has 0 saturated heterocycles. The number of hydrogen-bond donors (Lipinski definition) is 1. The van der Waals surface area contributed by atoms with E-state index < -0.39 is 0 Å². The number of aromatic nitrogens is 1. The molecule has 20 heavy (non-hydrogen) atoms. The number of methoxy groups -OCH3 is 1. The lowest BCUT2D eigenvalue weighted by Gasteiger charge is -2.14. The van der Waals surface area contributed by atoms with E-state index in [0.717, 1.165) is 10.7 Å². The zero-order chi connectivity index (χ0) is 14.7. The second-order valence-corrected chi connectivity index (χ2v) is 5.83. The summed E-state index contributed by atoms with van der Waals surface area (Å²) in [6.45, 7) is 3.83. The number of aryl methyl sites for hydroxylation is 1. The standard InChI is InChI=1S/C14H15ClN2O2S/c1-8(12-7-20-9(2)17-12)16-14(18)11-6-10(15)4-5-13(11)19-3/h4-8H,1-3H3,(H,16,18). The molecule has 1 aromatic heterocycles. The molecule has 106 valence electrons. The Kier molecular flexibility index (Phi) is 4.62. The highest BCUT2D eigenvalue weighted by molar-refractivity contribution is 7.09. The van der Waals surface area contributed by atoms with Crippen LogP contribution < -0.4 is 10.1 Å². The third-order valence-electron chi connectivity index (χ3n) is 2.83. The average molecular weight is 311 g/mol. The predicted molar refractivity (Wildman–Crippen MR) is 80.7 cm³/mol. The largest absolute Gasteiger partial charge is 0.496 e. The molecular formula is C14H15ClN2O2S. The van der Waals surface area contributed by atoms with Crippen LogP contribution in [0, 0.1) is 6.92 Å². The molecule has 1 N–H and O–H groups in total. The average Bonchev–Trinajstić information content (AvgIpc) is 2.85. The van der Waals surface area contributed by atoms with Gasteiger partial charge in [-0.3, -0.25) is 4.79 Å². The van der Waals surface area contributed by atoms with Crippen molar-refractivity contribution in [2.24, 2.45) is 0 Å². The Bertz CT molecular complexity index is 627. The quantitative estimate of drug-likeness (QED) is 0.938. The van der Waals surface area contributed by atoms with Gasteiger partial charge in [0, 0.05) is 10.4 Å². The van der Waals surface area contributed by atoms with E-state index in [1.54, 1.807) is 29.5 Å². The number of ether oxygens (including phenoxy) is 1. The van der Waals surface area contributed by atoms with E-state index in [9.17, 15) is 4.79 Å². The SMILES string of the molecule is COc1ccc(Cl)cc1C(=O)NC(C)c1csc(C)n1. The Morgan fingerprint density at radius 2 is 2.25 bits per heavy atom. The van der Waals surface area contributed by atoms with Gasteiger partial charge in [0.15, 0.2) is 0 Å². The molecule has 2 aromatic rings. The van der Waals surface area contributed by atoms with Gasteiger partial charge in [-0.2, -0.15) is 0 Å². The summed E-state index contributed by atoms with van der Waals surface area (Å²) in [7, 11) is 1.52. The molecule has 0 bridgehead atoms. The first kappa shape index (κ1) is 14.8. The Morgan fingerprint density at radius 1 is 1.50 bits per heavy atom. The maximum absolute atomic E-state index is 12.3. The monoisotopic (exact) mass is 310 g/mol. The fourth-order valence-corrected chi connectivity index (χ4v) is 2.66. The lowest BCUT2D eigenvalue weighted by atomic mass is 10.1. The highest BCUT2D eigenvalue weighted by Crippen LogP contribution is 2.24. The van der Waals surface area contributed by atoms with Crippen molar-refractivity contribution in [2.45, 2.75) is 19.9 Å². The van der Waals surface area contributed by atoms with Crippen LogP contribution in [-0.4, -0.2) is 18.0 Å². The van der Waals surface area contributed by atoms with Crippen LogP contribution >= 0.6 is 22.9 Å². The lowest BCUT2D eigenvalue weighted by Crippen LogP contribution is -2.27. The van der Waals surface area contributed by atoms with Gasteiger partial charge in [0.25, 0.3) is 5.91 Å². The molecule has 0 radical (unpaired) electrons. The lowest BCUT2D eigenvalue weighted by molar-refractivity contribution is 0.0936. The first-order chi connectivity index (χ1) is 9.51. The van der Waals surface area contributed by atoms with Gasteiger partial charge < -0.3 is 10.1 Å². The van der Waals surface area contributed by atoms with E-state index >= 15 is 0 Å². The number of benzene rings is 1. The topological polar surface area (TPSA) is 51.2 Å². The predicted octanol–water partition coefficient (Wildman–Crippen LogP) is 3.60. The molecule has 0 aliphatic rings. The first-order valence-electron chi connectivity index (χ1n) is 6.07. The molecule has 1 heterocycles. The summed E-state index contributed by atoms with van der Waals surface area (Å²) < 4.78 is 5.18. The van der Waals surface area contributed by atoms with Crippen LogP contribution in [0.5, 0.6) is 5.75 Å². The van der Waals surface area contributed by atoms with Gasteiger partial charge in [-0.25, -0.2) is 4.98 Å². The summed E-state index contributed by atoms with van der Waals surface area (Å²) in [6, 6.07) is 4.78. The molecule has 0 spiro atoms. The fraction of sp³-hybridized carbons (Fsp3) is 0.286. The van der Waals surface area contributed by atoms with E-state index in [0.29, 0.717) is 16.3 Å². The number of amides is 1. The number of nitrogens with one attached hydrogen (secondary N) is 1. The molecule has 0 saturated carbocycles. The molecule has 2 rings (SSSR count). The van der Waals surface area contributed by atoms with E-state index in [1.807, 2.05) is 19.2 Å². The van der Waals surface area contributed by atoms with Gasteiger partial charge in [0.1, 0.15) is 5.75 Å². The molecule has 4 nitrogen and oxygen atoms in total. The van der Waals surface area contributed by atoms with Crippen LogP contribution in [-0.2, 0) is 0 Å². The zero-order valence-electron chi connectivity index (χ0n) is 11.4. The third-order valence-corrected chi connectivity index (χ3v) is 3.86. The van der Waals surface area contributed by atoms with Crippen LogP contribution in [0.1, 0.15) is 34.0 Å².